The fourth-order valence-electron chi connectivity index (χ4n) is 2.46. The van der Waals surface area contributed by atoms with Gasteiger partial charge in [0.25, 0.3) is 5.91 Å². The van der Waals surface area contributed by atoms with Crippen LogP contribution in [0.1, 0.15) is 21.6 Å². The van der Waals surface area contributed by atoms with Crippen molar-refractivity contribution in [2.24, 2.45) is 0 Å². The summed E-state index contributed by atoms with van der Waals surface area (Å²) >= 11 is 0. The van der Waals surface area contributed by atoms with E-state index in [1.165, 1.54) is 18.5 Å². The number of carbonyl (C=O) groups is 2. The van der Waals surface area contributed by atoms with Crippen LogP contribution in [0.2, 0.25) is 0 Å². The van der Waals surface area contributed by atoms with Gasteiger partial charge in [-0.2, -0.15) is 0 Å². The third kappa shape index (κ3) is 4.42. The molecule has 0 unspecified atom stereocenters. The lowest BCUT2D eigenvalue weighted by molar-refractivity contribution is -0.105. The number of aromatic nitrogens is 2. The fourth-order valence-corrected chi connectivity index (χ4v) is 2.46. The second kappa shape index (κ2) is 8.63. The largest absolute Gasteiger partial charge is 0.505 e. The standard InChI is InChI=1S/C20H18N4O4/c1-13-14(9-21-11-22-13)10-28-16-7-5-15(6-8-16)24-20(27)17-3-2-4-18(19(17)26)23-12-25/h2-9,11-12,26H,10H2,1H3,(H,23,25)(H,24,27). The molecule has 3 N–H and O–H groups in total. The number of benzene rings is 2. The predicted octanol–water partition coefficient (Wildman–Crippen LogP) is 2.89. The first kappa shape index (κ1) is 18.8. The van der Waals surface area contributed by atoms with E-state index in [0.717, 1.165) is 11.3 Å². The number of phenols is 1. The monoisotopic (exact) mass is 378 g/mol. The molecule has 28 heavy (non-hydrogen) atoms. The van der Waals surface area contributed by atoms with Crippen molar-refractivity contribution in [3.63, 3.8) is 0 Å². The van der Waals surface area contributed by atoms with E-state index in [-0.39, 0.29) is 17.0 Å². The topological polar surface area (TPSA) is 113 Å². The maximum Gasteiger partial charge on any atom is 0.259 e. The summed E-state index contributed by atoms with van der Waals surface area (Å²) in [6, 6.07) is 11.3. The summed E-state index contributed by atoms with van der Waals surface area (Å²) in [5, 5.41) is 15.1. The molecule has 0 fully saturated rings. The molecule has 1 heterocycles. The van der Waals surface area contributed by atoms with Gasteiger partial charge in [-0.05, 0) is 43.3 Å². The van der Waals surface area contributed by atoms with Crippen LogP contribution in [-0.4, -0.2) is 27.4 Å². The van der Waals surface area contributed by atoms with Crippen LogP contribution in [0.25, 0.3) is 0 Å². The van der Waals surface area contributed by atoms with Gasteiger partial charge in [-0.3, -0.25) is 9.59 Å². The molecule has 0 aliphatic rings. The molecule has 0 radical (unpaired) electrons. The van der Waals surface area contributed by atoms with Crippen LogP contribution in [0.4, 0.5) is 11.4 Å². The third-order valence-electron chi connectivity index (χ3n) is 4.01. The van der Waals surface area contributed by atoms with Gasteiger partial charge in [-0.15, -0.1) is 0 Å². The van der Waals surface area contributed by atoms with Crippen molar-refractivity contribution in [1.82, 2.24) is 9.97 Å². The summed E-state index contributed by atoms with van der Waals surface area (Å²) in [4.78, 5) is 31.0. The van der Waals surface area contributed by atoms with Crippen molar-refractivity contribution in [3.8, 4) is 11.5 Å². The minimum atomic E-state index is -0.502. The normalized spacial score (nSPS) is 10.2. The SMILES string of the molecule is Cc1ncncc1COc1ccc(NC(=O)c2cccc(NC=O)c2O)cc1. The number of amides is 2. The van der Waals surface area contributed by atoms with Crippen LogP contribution in [0.3, 0.4) is 0 Å². The molecule has 8 heteroatoms. The van der Waals surface area contributed by atoms with Crippen LogP contribution >= 0.6 is 0 Å². The van der Waals surface area contributed by atoms with Crippen molar-refractivity contribution in [3.05, 3.63) is 71.8 Å². The number of phenolic OH excluding ortho intramolecular Hbond substituents is 1. The molecule has 8 nitrogen and oxygen atoms in total. The second-order valence-corrected chi connectivity index (χ2v) is 5.86. The number of aromatic hydroxyl groups is 1. The molecule has 3 aromatic rings. The number of para-hydroxylation sites is 1. The van der Waals surface area contributed by atoms with Crippen molar-refractivity contribution in [2.75, 3.05) is 10.6 Å². The quantitative estimate of drug-likeness (QED) is 0.430. The molecule has 0 aliphatic heterocycles. The molecule has 2 amide bonds. The molecule has 0 atom stereocenters. The van der Waals surface area contributed by atoms with E-state index in [0.29, 0.717) is 24.5 Å². The number of ether oxygens (including phenoxy) is 1. The van der Waals surface area contributed by atoms with Crippen molar-refractivity contribution < 1.29 is 19.4 Å². The van der Waals surface area contributed by atoms with Crippen molar-refractivity contribution in [2.45, 2.75) is 13.5 Å². The number of carbonyl (C=O) groups excluding carboxylic acids is 2. The highest BCUT2D eigenvalue weighted by atomic mass is 16.5. The van der Waals surface area contributed by atoms with Crippen molar-refractivity contribution in [1.29, 1.82) is 0 Å². The molecular weight excluding hydrogens is 360 g/mol. The number of hydrogen-bond acceptors (Lipinski definition) is 6. The molecular formula is C20H18N4O4. The number of rotatable bonds is 7. The van der Waals surface area contributed by atoms with Crippen molar-refractivity contribution >= 4 is 23.7 Å². The maximum atomic E-state index is 12.4. The van der Waals surface area contributed by atoms with Crippen LogP contribution in [0.15, 0.2) is 55.0 Å². The lowest BCUT2D eigenvalue weighted by Gasteiger charge is -2.11. The Morgan fingerprint density at radius 2 is 2.00 bits per heavy atom. The van der Waals surface area contributed by atoms with Gasteiger partial charge in [0, 0.05) is 23.1 Å². The molecule has 3 rings (SSSR count). The number of nitrogens with zero attached hydrogens (tertiary/aromatic N) is 2. The Kier molecular flexibility index (Phi) is 5.81. The van der Waals surface area contributed by atoms with E-state index in [1.54, 1.807) is 36.5 Å². The molecule has 2 aromatic carbocycles. The summed E-state index contributed by atoms with van der Waals surface area (Å²) in [6.45, 7) is 2.22. The van der Waals surface area contributed by atoms with Gasteiger partial charge in [-0.1, -0.05) is 6.07 Å². The Labute approximate surface area is 161 Å². The average Bonchev–Trinajstić information content (AvgIpc) is 2.70. The Morgan fingerprint density at radius 3 is 2.71 bits per heavy atom. The van der Waals surface area contributed by atoms with Gasteiger partial charge in [0.2, 0.25) is 6.41 Å². The maximum absolute atomic E-state index is 12.4. The zero-order valence-electron chi connectivity index (χ0n) is 15.0. The van der Waals surface area contributed by atoms with E-state index in [1.807, 2.05) is 6.92 Å². The minimum Gasteiger partial charge on any atom is -0.505 e. The van der Waals surface area contributed by atoms with E-state index in [2.05, 4.69) is 20.6 Å². The first-order valence-corrected chi connectivity index (χ1v) is 8.40. The van der Waals surface area contributed by atoms with E-state index < -0.39 is 5.91 Å². The van der Waals surface area contributed by atoms with Gasteiger partial charge >= 0.3 is 0 Å². The first-order valence-electron chi connectivity index (χ1n) is 8.40. The van der Waals surface area contributed by atoms with Gasteiger partial charge in [-0.25, -0.2) is 9.97 Å². The number of aryl methyl sites for hydroxylation is 1. The summed E-state index contributed by atoms with van der Waals surface area (Å²) in [7, 11) is 0. The van der Waals surface area contributed by atoms with E-state index in [4.69, 9.17) is 4.74 Å². The number of anilines is 2. The zero-order chi connectivity index (χ0) is 19.9. The molecule has 0 saturated carbocycles. The summed E-state index contributed by atoms with van der Waals surface area (Å²) in [5.41, 5.74) is 2.48. The molecule has 0 aliphatic carbocycles. The smallest absolute Gasteiger partial charge is 0.259 e. The van der Waals surface area contributed by atoms with Gasteiger partial charge in [0.1, 0.15) is 18.7 Å². The van der Waals surface area contributed by atoms with Crippen LogP contribution in [-0.2, 0) is 11.4 Å². The Hall–Kier alpha value is -3.94. The fraction of sp³-hybridized carbons (Fsp3) is 0.100. The zero-order valence-corrected chi connectivity index (χ0v) is 15.0. The molecule has 0 spiro atoms. The van der Waals surface area contributed by atoms with Crippen LogP contribution in [0, 0.1) is 6.92 Å². The summed E-state index contributed by atoms with van der Waals surface area (Å²) in [6.07, 6.45) is 3.62. The molecule has 0 saturated heterocycles. The average molecular weight is 378 g/mol. The molecule has 0 bridgehead atoms. The lowest BCUT2D eigenvalue weighted by Crippen LogP contribution is -2.12. The third-order valence-corrected chi connectivity index (χ3v) is 4.01. The van der Waals surface area contributed by atoms with Gasteiger partial charge < -0.3 is 20.5 Å². The van der Waals surface area contributed by atoms with Crippen LogP contribution in [0.5, 0.6) is 11.5 Å². The number of hydrogen-bond donors (Lipinski definition) is 3. The highest BCUT2D eigenvalue weighted by molar-refractivity contribution is 6.07. The summed E-state index contributed by atoms with van der Waals surface area (Å²) in [5.74, 6) is -0.174. The molecule has 142 valence electrons. The Balaban J connectivity index is 1.64. The highest BCUT2D eigenvalue weighted by Crippen LogP contribution is 2.28. The Bertz CT molecular complexity index is 990. The molecule has 1 aromatic heterocycles. The van der Waals surface area contributed by atoms with E-state index >= 15 is 0 Å². The van der Waals surface area contributed by atoms with Crippen LogP contribution < -0.4 is 15.4 Å². The van der Waals surface area contributed by atoms with Gasteiger partial charge in [0.15, 0.2) is 5.75 Å². The summed E-state index contributed by atoms with van der Waals surface area (Å²) < 4.78 is 5.71. The predicted molar refractivity (Wildman–Crippen MR) is 103 cm³/mol. The van der Waals surface area contributed by atoms with E-state index in [9.17, 15) is 14.7 Å². The lowest BCUT2D eigenvalue weighted by atomic mass is 10.1. The minimum absolute atomic E-state index is 0.0479. The van der Waals surface area contributed by atoms with Gasteiger partial charge in [0.05, 0.1) is 11.3 Å². The highest BCUT2D eigenvalue weighted by Gasteiger charge is 2.14. The first-order chi connectivity index (χ1) is 13.6. The number of nitrogens with one attached hydrogen (secondary N) is 2. The second-order valence-electron chi connectivity index (χ2n) is 5.86. The Morgan fingerprint density at radius 1 is 1.21 bits per heavy atom.